The van der Waals surface area contributed by atoms with Crippen molar-refractivity contribution in [3.63, 3.8) is 0 Å². The zero-order valence-corrected chi connectivity index (χ0v) is 12.1. The Bertz CT molecular complexity index is 609. The quantitative estimate of drug-likeness (QED) is 0.627. The zero-order chi connectivity index (χ0) is 14.8. The van der Waals surface area contributed by atoms with E-state index in [1.54, 1.807) is 0 Å². The number of carbonyl (C=O) groups is 1. The van der Waals surface area contributed by atoms with Crippen molar-refractivity contribution >= 4 is 21.7 Å². The number of benzene rings is 1. The van der Waals surface area contributed by atoms with Crippen LogP contribution in [-0.4, -0.2) is 28.0 Å². The number of nitrogens with one attached hydrogen (secondary N) is 1. The predicted molar refractivity (Wildman–Crippen MR) is 74.7 cm³/mol. The number of nitrogen functional groups attached to an aromatic ring is 1. The third-order valence-electron chi connectivity index (χ3n) is 3.49. The number of methoxy groups -OCH3 is 1. The maximum absolute atomic E-state index is 12.3. The topological polar surface area (TPSA) is 98.5 Å². The summed E-state index contributed by atoms with van der Waals surface area (Å²) in [5.74, 6) is -0.332. The van der Waals surface area contributed by atoms with Gasteiger partial charge in [0.05, 0.1) is 17.6 Å². The molecule has 0 radical (unpaired) electrons. The van der Waals surface area contributed by atoms with Crippen molar-refractivity contribution in [3.8, 4) is 0 Å². The third-order valence-corrected chi connectivity index (χ3v) is 4.97. The first-order chi connectivity index (χ1) is 9.44. The van der Waals surface area contributed by atoms with Crippen LogP contribution >= 0.6 is 0 Å². The van der Waals surface area contributed by atoms with Crippen LogP contribution in [0.2, 0.25) is 0 Å². The molecule has 0 aliphatic heterocycles. The second kappa shape index (κ2) is 5.80. The Balaban J connectivity index is 2.27. The van der Waals surface area contributed by atoms with Gasteiger partial charge in [-0.05, 0) is 37.0 Å². The summed E-state index contributed by atoms with van der Waals surface area (Å²) in [4.78, 5) is 11.6. The molecule has 6 nitrogen and oxygen atoms in total. The summed E-state index contributed by atoms with van der Waals surface area (Å²) < 4.78 is 31.7. The molecule has 1 aromatic rings. The lowest BCUT2D eigenvalue weighted by Gasteiger charge is -2.25. The van der Waals surface area contributed by atoms with Crippen LogP contribution in [0.1, 0.15) is 29.6 Å². The number of nitrogens with two attached hydrogens (primary N) is 1. The normalized spacial score (nSPS) is 15.7. The van der Waals surface area contributed by atoms with E-state index in [4.69, 9.17) is 5.73 Å². The molecule has 110 valence electrons. The first kappa shape index (κ1) is 14.8. The highest BCUT2D eigenvalue weighted by molar-refractivity contribution is 7.89. The Morgan fingerprint density at radius 2 is 2.15 bits per heavy atom. The fraction of sp³-hybridized carbons (Fsp3) is 0.462. The molecule has 1 fully saturated rings. The third kappa shape index (κ3) is 3.10. The van der Waals surface area contributed by atoms with Gasteiger partial charge < -0.3 is 10.5 Å². The molecule has 0 aromatic heterocycles. The fourth-order valence-corrected chi connectivity index (χ4v) is 3.34. The summed E-state index contributed by atoms with van der Waals surface area (Å²) in [7, 11) is -2.54. The maximum atomic E-state index is 12.3. The summed E-state index contributed by atoms with van der Waals surface area (Å²) in [6.45, 7) is 0.396. The van der Waals surface area contributed by atoms with Crippen LogP contribution in [0.25, 0.3) is 0 Å². The molecule has 0 heterocycles. The second-order valence-electron chi connectivity index (χ2n) is 4.90. The van der Waals surface area contributed by atoms with Crippen molar-refractivity contribution in [1.82, 2.24) is 4.72 Å². The lowest BCUT2D eigenvalue weighted by atomic mass is 9.86. The van der Waals surface area contributed by atoms with Gasteiger partial charge >= 0.3 is 5.97 Å². The van der Waals surface area contributed by atoms with Gasteiger partial charge in [-0.2, -0.15) is 0 Å². The first-order valence-electron chi connectivity index (χ1n) is 6.41. The highest BCUT2D eigenvalue weighted by Gasteiger charge is 2.25. The lowest BCUT2D eigenvalue weighted by Crippen LogP contribution is -2.33. The number of ether oxygens (including phenoxy) is 1. The van der Waals surface area contributed by atoms with E-state index in [9.17, 15) is 13.2 Å². The molecule has 3 N–H and O–H groups in total. The monoisotopic (exact) mass is 298 g/mol. The molecule has 2 rings (SSSR count). The molecule has 0 atom stereocenters. The Morgan fingerprint density at radius 3 is 2.70 bits per heavy atom. The minimum Gasteiger partial charge on any atom is -0.465 e. The van der Waals surface area contributed by atoms with Crippen LogP contribution in [0, 0.1) is 5.92 Å². The van der Waals surface area contributed by atoms with Crippen molar-refractivity contribution in [2.24, 2.45) is 5.92 Å². The Labute approximate surface area is 118 Å². The SMILES string of the molecule is COC(=O)c1cc(N)ccc1S(=O)(=O)NCC1CCC1. The number of rotatable bonds is 5. The summed E-state index contributed by atoms with van der Waals surface area (Å²) in [6, 6.07) is 4.08. The van der Waals surface area contributed by atoms with E-state index in [1.807, 2.05) is 0 Å². The second-order valence-corrected chi connectivity index (χ2v) is 6.63. The van der Waals surface area contributed by atoms with Crippen molar-refractivity contribution in [1.29, 1.82) is 0 Å². The lowest BCUT2D eigenvalue weighted by molar-refractivity contribution is 0.0596. The Hall–Kier alpha value is -1.60. The van der Waals surface area contributed by atoms with Crippen molar-refractivity contribution in [3.05, 3.63) is 23.8 Å². The molecular weight excluding hydrogens is 280 g/mol. The molecule has 0 saturated heterocycles. The highest BCUT2D eigenvalue weighted by atomic mass is 32.2. The largest absolute Gasteiger partial charge is 0.465 e. The minimum atomic E-state index is -3.74. The molecule has 0 amide bonds. The number of hydrogen-bond acceptors (Lipinski definition) is 5. The van der Waals surface area contributed by atoms with E-state index in [1.165, 1.54) is 25.3 Å². The highest BCUT2D eigenvalue weighted by Crippen LogP contribution is 2.26. The summed E-state index contributed by atoms with van der Waals surface area (Å²) in [5, 5.41) is 0. The van der Waals surface area contributed by atoms with E-state index >= 15 is 0 Å². The average Bonchev–Trinajstić information content (AvgIpc) is 2.35. The van der Waals surface area contributed by atoms with Gasteiger partial charge in [-0.15, -0.1) is 0 Å². The molecule has 1 aromatic carbocycles. The predicted octanol–water partition coefficient (Wildman–Crippen LogP) is 1.13. The van der Waals surface area contributed by atoms with Gasteiger partial charge in [-0.3, -0.25) is 0 Å². The van der Waals surface area contributed by atoms with Crippen LogP contribution in [0.4, 0.5) is 5.69 Å². The molecule has 1 aliphatic carbocycles. The molecule has 0 unspecified atom stereocenters. The van der Waals surface area contributed by atoms with Crippen molar-refractivity contribution in [2.75, 3.05) is 19.4 Å². The first-order valence-corrected chi connectivity index (χ1v) is 7.90. The van der Waals surface area contributed by atoms with Gasteiger partial charge in [-0.25, -0.2) is 17.9 Å². The zero-order valence-electron chi connectivity index (χ0n) is 11.3. The van der Waals surface area contributed by atoms with Gasteiger partial charge in [0.25, 0.3) is 0 Å². The van der Waals surface area contributed by atoms with Crippen LogP contribution in [0.5, 0.6) is 0 Å². The number of anilines is 1. The minimum absolute atomic E-state index is 0.0476. The van der Waals surface area contributed by atoms with Crippen molar-refractivity contribution < 1.29 is 17.9 Å². The summed E-state index contributed by atoms with van der Waals surface area (Å²) >= 11 is 0. The van der Waals surface area contributed by atoms with Gasteiger partial charge in [0, 0.05) is 12.2 Å². The molecule has 1 saturated carbocycles. The standard InChI is InChI=1S/C13H18N2O4S/c1-19-13(16)11-7-10(14)5-6-12(11)20(17,18)15-8-9-3-2-4-9/h5-7,9,15H,2-4,8,14H2,1H3. The molecule has 0 spiro atoms. The molecule has 0 bridgehead atoms. The van der Waals surface area contributed by atoms with Crippen LogP contribution < -0.4 is 10.5 Å². The van der Waals surface area contributed by atoms with Crippen LogP contribution in [-0.2, 0) is 14.8 Å². The average molecular weight is 298 g/mol. The number of hydrogen-bond donors (Lipinski definition) is 2. The van der Waals surface area contributed by atoms with E-state index in [0.717, 1.165) is 19.3 Å². The van der Waals surface area contributed by atoms with E-state index in [-0.39, 0.29) is 10.5 Å². The number of esters is 1. The van der Waals surface area contributed by atoms with E-state index < -0.39 is 16.0 Å². The molecule has 20 heavy (non-hydrogen) atoms. The van der Waals surface area contributed by atoms with Crippen molar-refractivity contribution in [2.45, 2.75) is 24.2 Å². The smallest absolute Gasteiger partial charge is 0.339 e. The van der Waals surface area contributed by atoms with E-state index in [2.05, 4.69) is 9.46 Å². The fourth-order valence-electron chi connectivity index (χ4n) is 2.05. The van der Waals surface area contributed by atoms with Gasteiger partial charge in [-0.1, -0.05) is 6.42 Å². The van der Waals surface area contributed by atoms with Gasteiger partial charge in [0.15, 0.2) is 0 Å². The van der Waals surface area contributed by atoms with Crippen LogP contribution in [0.15, 0.2) is 23.1 Å². The molecule has 1 aliphatic rings. The molecular formula is C13H18N2O4S. The maximum Gasteiger partial charge on any atom is 0.339 e. The molecule has 7 heteroatoms. The Morgan fingerprint density at radius 1 is 1.45 bits per heavy atom. The summed E-state index contributed by atoms with van der Waals surface area (Å²) in [5.41, 5.74) is 5.85. The van der Waals surface area contributed by atoms with Gasteiger partial charge in [0.2, 0.25) is 10.0 Å². The van der Waals surface area contributed by atoms with E-state index in [0.29, 0.717) is 18.2 Å². The number of carbonyl (C=O) groups excluding carboxylic acids is 1. The Kier molecular flexibility index (Phi) is 4.29. The van der Waals surface area contributed by atoms with Gasteiger partial charge in [0.1, 0.15) is 0 Å². The summed E-state index contributed by atoms with van der Waals surface area (Å²) in [6.07, 6.45) is 3.21. The number of sulfonamides is 1. The van der Waals surface area contributed by atoms with Crippen LogP contribution in [0.3, 0.4) is 0 Å².